The maximum atomic E-state index is 12.9. The lowest BCUT2D eigenvalue weighted by atomic mass is 10.00. The van der Waals surface area contributed by atoms with Crippen LogP contribution in [0.5, 0.6) is 0 Å². The Labute approximate surface area is 118 Å². The summed E-state index contributed by atoms with van der Waals surface area (Å²) in [4.78, 5) is 13.4. The standard InChI is InChI=1S/C15H21FN2O2/c1-10(12-3-5-13(16)6-4-12)7-18-8-11(2)20-14(9-18)15(17)19/h3-6,10-11,14H,7-9H2,1-2H3,(H2,17,19)/t10-,11-,14-/m1/s1. The van der Waals surface area contributed by atoms with Crippen molar-refractivity contribution < 1.29 is 13.9 Å². The average molecular weight is 280 g/mol. The lowest BCUT2D eigenvalue weighted by Crippen LogP contribution is -2.52. The predicted molar refractivity (Wildman–Crippen MR) is 74.8 cm³/mol. The van der Waals surface area contributed by atoms with Gasteiger partial charge in [-0.3, -0.25) is 9.69 Å². The minimum Gasteiger partial charge on any atom is -0.367 e. The van der Waals surface area contributed by atoms with E-state index in [0.717, 1.165) is 18.7 Å². The molecule has 110 valence electrons. The van der Waals surface area contributed by atoms with E-state index < -0.39 is 12.0 Å². The molecule has 0 aliphatic carbocycles. The van der Waals surface area contributed by atoms with E-state index in [1.807, 2.05) is 6.92 Å². The molecule has 0 aromatic heterocycles. The van der Waals surface area contributed by atoms with E-state index in [4.69, 9.17) is 10.5 Å². The highest BCUT2D eigenvalue weighted by Crippen LogP contribution is 2.20. The Morgan fingerprint density at radius 2 is 2.10 bits per heavy atom. The number of morpholine rings is 1. The number of ether oxygens (including phenoxy) is 1. The number of hydrogen-bond acceptors (Lipinski definition) is 3. The van der Waals surface area contributed by atoms with E-state index in [1.165, 1.54) is 12.1 Å². The highest BCUT2D eigenvalue weighted by atomic mass is 19.1. The summed E-state index contributed by atoms with van der Waals surface area (Å²) < 4.78 is 18.4. The molecule has 5 heteroatoms. The highest BCUT2D eigenvalue weighted by Gasteiger charge is 2.29. The van der Waals surface area contributed by atoms with Crippen LogP contribution in [-0.4, -0.2) is 42.6 Å². The van der Waals surface area contributed by atoms with E-state index in [0.29, 0.717) is 6.54 Å². The fraction of sp³-hybridized carbons (Fsp3) is 0.533. The zero-order chi connectivity index (χ0) is 14.7. The van der Waals surface area contributed by atoms with Crippen molar-refractivity contribution in [2.24, 2.45) is 5.73 Å². The van der Waals surface area contributed by atoms with Gasteiger partial charge in [0.05, 0.1) is 6.10 Å². The molecule has 1 aliphatic heterocycles. The van der Waals surface area contributed by atoms with Crippen LogP contribution < -0.4 is 5.73 Å². The van der Waals surface area contributed by atoms with Crippen LogP contribution in [0.25, 0.3) is 0 Å². The molecule has 0 saturated carbocycles. The summed E-state index contributed by atoms with van der Waals surface area (Å²) in [5.41, 5.74) is 6.40. The molecule has 0 spiro atoms. The van der Waals surface area contributed by atoms with Gasteiger partial charge in [-0.25, -0.2) is 4.39 Å². The van der Waals surface area contributed by atoms with Crippen molar-refractivity contribution in [1.29, 1.82) is 0 Å². The number of nitrogens with two attached hydrogens (primary N) is 1. The van der Waals surface area contributed by atoms with Gasteiger partial charge in [-0.05, 0) is 30.5 Å². The first kappa shape index (κ1) is 14.9. The van der Waals surface area contributed by atoms with Gasteiger partial charge in [0.2, 0.25) is 5.91 Å². The number of carbonyl (C=O) groups excluding carboxylic acids is 1. The third-order valence-electron chi connectivity index (χ3n) is 3.62. The van der Waals surface area contributed by atoms with Crippen molar-refractivity contribution in [1.82, 2.24) is 4.90 Å². The van der Waals surface area contributed by atoms with Gasteiger partial charge < -0.3 is 10.5 Å². The second-order valence-corrected chi connectivity index (χ2v) is 5.51. The Morgan fingerprint density at radius 3 is 2.70 bits per heavy atom. The SMILES string of the molecule is C[C@@H]1CN(C[C@@H](C)c2ccc(F)cc2)C[C@H](C(N)=O)O1. The molecule has 1 aromatic rings. The Hall–Kier alpha value is -1.46. The molecule has 1 amide bonds. The predicted octanol–water partition coefficient (Wildman–Crippen LogP) is 1.50. The minimum absolute atomic E-state index is 0.0123. The molecule has 20 heavy (non-hydrogen) atoms. The average Bonchev–Trinajstić information content (AvgIpc) is 2.38. The van der Waals surface area contributed by atoms with Crippen molar-refractivity contribution in [2.75, 3.05) is 19.6 Å². The van der Waals surface area contributed by atoms with Gasteiger partial charge in [0.1, 0.15) is 11.9 Å². The zero-order valence-electron chi connectivity index (χ0n) is 11.9. The van der Waals surface area contributed by atoms with Crippen molar-refractivity contribution in [3.63, 3.8) is 0 Å². The van der Waals surface area contributed by atoms with E-state index in [1.54, 1.807) is 12.1 Å². The van der Waals surface area contributed by atoms with Gasteiger partial charge in [0, 0.05) is 19.6 Å². The summed E-state index contributed by atoms with van der Waals surface area (Å²) in [5.74, 6) is -0.389. The first-order chi connectivity index (χ1) is 9.45. The first-order valence-electron chi connectivity index (χ1n) is 6.88. The Balaban J connectivity index is 1.97. The summed E-state index contributed by atoms with van der Waals surface area (Å²) in [6.45, 7) is 6.11. The summed E-state index contributed by atoms with van der Waals surface area (Å²) >= 11 is 0. The van der Waals surface area contributed by atoms with Crippen molar-refractivity contribution in [3.8, 4) is 0 Å². The van der Waals surface area contributed by atoms with Crippen LogP contribution in [0.1, 0.15) is 25.3 Å². The van der Waals surface area contributed by atoms with Crippen LogP contribution in [0.3, 0.4) is 0 Å². The lowest BCUT2D eigenvalue weighted by molar-refractivity contribution is -0.142. The summed E-state index contributed by atoms with van der Waals surface area (Å²) in [5, 5.41) is 0. The Morgan fingerprint density at radius 1 is 1.45 bits per heavy atom. The molecule has 1 saturated heterocycles. The molecule has 0 unspecified atom stereocenters. The second kappa shape index (κ2) is 6.33. The van der Waals surface area contributed by atoms with Gasteiger partial charge in [0.25, 0.3) is 0 Å². The molecule has 2 N–H and O–H groups in total. The topological polar surface area (TPSA) is 55.6 Å². The Kier molecular flexibility index (Phi) is 4.73. The zero-order valence-corrected chi connectivity index (χ0v) is 11.9. The van der Waals surface area contributed by atoms with E-state index in [9.17, 15) is 9.18 Å². The molecular weight excluding hydrogens is 259 g/mol. The van der Waals surface area contributed by atoms with Crippen LogP contribution in [0.15, 0.2) is 24.3 Å². The molecule has 0 radical (unpaired) electrons. The third kappa shape index (κ3) is 3.77. The van der Waals surface area contributed by atoms with Crippen LogP contribution in [0.4, 0.5) is 4.39 Å². The van der Waals surface area contributed by atoms with Gasteiger partial charge in [-0.2, -0.15) is 0 Å². The number of amides is 1. The normalized spacial score (nSPS) is 25.4. The molecular formula is C15H21FN2O2. The molecule has 1 aromatic carbocycles. The number of hydrogen-bond donors (Lipinski definition) is 1. The highest BCUT2D eigenvalue weighted by molar-refractivity contribution is 5.79. The number of carbonyl (C=O) groups is 1. The number of rotatable bonds is 4. The van der Waals surface area contributed by atoms with Gasteiger partial charge >= 0.3 is 0 Å². The second-order valence-electron chi connectivity index (χ2n) is 5.51. The fourth-order valence-electron chi connectivity index (χ4n) is 2.63. The fourth-order valence-corrected chi connectivity index (χ4v) is 2.63. The van der Waals surface area contributed by atoms with Crippen molar-refractivity contribution in [2.45, 2.75) is 32.0 Å². The molecule has 4 nitrogen and oxygen atoms in total. The molecule has 1 fully saturated rings. The molecule has 0 bridgehead atoms. The van der Waals surface area contributed by atoms with Gasteiger partial charge in [-0.15, -0.1) is 0 Å². The maximum absolute atomic E-state index is 12.9. The van der Waals surface area contributed by atoms with Crippen molar-refractivity contribution >= 4 is 5.91 Å². The lowest BCUT2D eigenvalue weighted by Gasteiger charge is -2.36. The summed E-state index contributed by atoms with van der Waals surface area (Å²) in [6, 6.07) is 6.55. The van der Waals surface area contributed by atoms with E-state index in [2.05, 4.69) is 11.8 Å². The number of benzene rings is 1. The quantitative estimate of drug-likeness (QED) is 0.909. The largest absolute Gasteiger partial charge is 0.367 e. The van der Waals surface area contributed by atoms with Crippen LogP contribution >= 0.6 is 0 Å². The minimum atomic E-state index is -0.542. The van der Waals surface area contributed by atoms with E-state index in [-0.39, 0.29) is 17.8 Å². The monoisotopic (exact) mass is 280 g/mol. The number of primary amides is 1. The molecule has 3 atom stereocenters. The molecule has 2 rings (SSSR count). The molecule has 1 heterocycles. The number of halogens is 1. The van der Waals surface area contributed by atoms with E-state index >= 15 is 0 Å². The van der Waals surface area contributed by atoms with Crippen LogP contribution in [0, 0.1) is 5.82 Å². The smallest absolute Gasteiger partial charge is 0.247 e. The number of nitrogens with zero attached hydrogens (tertiary/aromatic N) is 1. The molecule has 1 aliphatic rings. The Bertz CT molecular complexity index is 463. The third-order valence-corrected chi connectivity index (χ3v) is 3.62. The van der Waals surface area contributed by atoms with Gasteiger partial charge in [-0.1, -0.05) is 19.1 Å². The van der Waals surface area contributed by atoms with Gasteiger partial charge in [0.15, 0.2) is 0 Å². The summed E-state index contributed by atoms with van der Waals surface area (Å²) in [7, 11) is 0. The maximum Gasteiger partial charge on any atom is 0.247 e. The first-order valence-corrected chi connectivity index (χ1v) is 6.88. The summed E-state index contributed by atoms with van der Waals surface area (Å²) in [6.07, 6.45) is -0.555. The van der Waals surface area contributed by atoms with Crippen LogP contribution in [0.2, 0.25) is 0 Å². The van der Waals surface area contributed by atoms with Crippen LogP contribution in [-0.2, 0) is 9.53 Å². The van der Waals surface area contributed by atoms with Crippen molar-refractivity contribution in [3.05, 3.63) is 35.6 Å².